The van der Waals surface area contributed by atoms with Crippen molar-refractivity contribution in [1.82, 2.24) is 4.31 Å². The molecule has 0 bridgehead atoms. The third-order valence-corrected chi connectivity index (χ3v) is 6.58. The molecule has 3 rings (SSSR count). The van der Waals surface area contributed by atoms with Crippen LogP contribution in [0.1, 0.15) is 30.4 Å². The zero-order chi connectivity index (χ0) is 20.8. The second-order valence-corrected chi connectivity index (χ2v) is 8.54. The van der Waals surface area contributed by atoms with Crippen molar-refractivity contribution in [3.05, 3.63) is 29.3 Å². The van der Waals surface area contributed by atoms with E-state index in [1.54, 1.807) is 0 Å². The minimum absolute atomic E-state index is 0.103. The van der Waals surface area contributed by atoms with Gasteiger partial charge >= 0.3 is 12.4 Å². The van der Waals surface area contributed by atoms with Crippen molar-refractivity contribution in [3.8, 4) is 0 Å². The molecule has 2 aliphatic rings. The second-order valence-electron chi connectivity index (χ2n) is 6.61. The van der Waals surface area contributed by atoms with Crippen molar-refractivity contribution in [3.63, 3.8) is 0 Å². The molecule has 1 aromatic rings. The van der Waals surface area contributed by atoms with Crippen LogP contribution < -0.4 is 0 Å². The second kappa shape index (κ2) is 7.15. The lowest BCUT2D eigenvalue weighted by atomic mass is 10.0. The lowest BCUT2D eigenvalue weighted by Gasteiger charge is -2.42. The van der Waals surface area contributed by atoms with Crippen LogP contribution >= 0.6 is 0 Å². The first-order chi connectivity index (χ1) is 12.8. The Morgan fingerprint density at radius 2 is 1.32 bits per heavy atom. The molecule has 0 amide bonds. The molecule has 0 aromatic heterocycles. The molecule has 0 aliphatic carbocycles. The third kappa shape index (κ3) is 4.29. The summed E-state index contributed by atoms with van der Waals surface area (Å²) in [4.78, 5) is -1.05. The van der Waals surface area contributed by atoms with Crippen LogP contribution in [0.4, 0.5) is 26.3 Å². The Bertz CT molecular complexity index is 788. The molecule has 0 saturated carbocycles. The molecule has 0 N–H and O–H groups in total. The molecule has 12 heteroatoms. The molecule has 5 nitrogen and oxygen atoms in total. The topological polar surface area (TPSA) is 55.8 Å². The van der Waals surface area contributed by atoms with Crippen molar-refractivity contribution in [2.75, 3.05) is 26.3 Å². The van der Waals surface area contributed by atoms with Crippen LogP contribution in [0.25, 0.3) is 0 Å². The zero-order valence-electron chi connectivity index (χ0n) is 14.4. The van der Waals surface area contributed by atoms with E-state index in [9.17, 15) is 34.8 Å². The van der Waals surface area contributed by atoms with E-state index in [2.05, 4.69) is 0 Å². The maximum atomic E-state index is 13.0. The first kappa shape index (κ1) is 21.3. The van der Waals surface area contributed by atoms with Gasteiger partial charge in [-0.2, -0.15) is 30.6 Å². The van der Waals surface area contributed by atoms with E-state index >= 15 is 0 Å². The zero-order valence-corrected chi connectivity index (χ0v) is 15.3. The van der Waals surface area contributed by atoms with Crippen LogP contribution in [0, 0.1) is 0 Å². The van der Waals surface area contributed by atoms with Gasteiger partial charge in [-0.1, -0.05) is 0 Å². The molecule has 0 radical (unpaired) electrons. The SMILES string of the molecule is O=S(=O)(c1cc(C(F)(F)F)cc(C(F)(F)F)c1)N1CCC2(CC1)OCCCO2. The molecule has 1 spiro atoms. The van der Waals surface area contributed by atoms with Gasteiger partial charge in [-0.25, -0.2) is 8.42 Å². The Balaban J connectivity index is 1.91. The molecule has 158 valence electrons. The summed E-state index contributed by atoms with van der Waals surface area (Å²) in [6.45, 7) is 0.602. The Labute approximate surface area is 157 Å². The first-order valence-electron chi connectivity index (χ1n) is 8.41. The van der Waals surface area contributed by atoms with Gasteiger partial charge in [0.15, 0.2) is 5.79 Å². The Morgan fingerprint density at radius 3 is 1.75 bits per heavy atom. The number of sulfonamides is 1. The van der Waals surface area contributed by atoms with Gasteiger partial charge in [0.1, 0.15) is 0 Å². The normalized spacial score (nSPS) is 21.8. The lowest BCUT2D eigenvalue weighted by molar-refractivity contribution is -0.280. The Kier molecular flexibility index (Phi) is 5.45. The first-order valence-corrected chi connectivity index (χ1v) is 9.85. The van der Waals surface area contributed by atoms with Gasteiger partial charge in [-0.05, 0) is 24.6 Å². The highest BCUT2D eigenvalue weighted by molar-refractivity contribution is 7.89. The van der Waals surface area contributed by atoms with Gasteiger partial charge in [-0.3, -0.25) is 0 Å². The highest BCUT2D eigenvalue weighted by atomic mass is 32.2. The predicted molar refractivity (Wildman–Crippen MR) is 83.7 cm³/mol. The Hall–Kier alpha value is -1.37. The number of benzene rings is 1. The van der Waals surface area contributed by atoms with E-state index in [-0.39, 0.29) is 44.1 Å². The monoisotopic (exact) mass is 433 g/mol. The van der Waals surface area contributed by atoms with Crippen LogP contribution in [0.2, 0.25) is 0 Å². The number of halogens is 6. The maximum absolute atomic E-state index is 13.0. The average Bonchev–Trinajstić information content (AvgIpc) is 2.61. The molecular formula is C16H17F6NO4S. The quantitative estimate of drug-likeness (QED) is 0.669. The molecule has 2 heterocycles. The van der Waals surface area contributed by atoms with Crippen LogP contribution in [0.3, 0.4) is 0 Å². The number of alkyl halides is 6. The molecular weight excluding hydrogens is 416 g/mol. The smallest absolute Gasteiger partial charge is 0.350 e. The summed E-state index contributed by atoms with van der Waals surface area (Å²) in [7, 11) is -4.56. The van der Waals surface area contributed by atoms with E-state index in [1.807, 2.05) is 0 Å². The van der Waals surface area contributed by atoms with Crippen LogP contribution in [-0.2, 0) is 31.8 Å². The average molecular weight is 433 g/mol. The number of rotatable bonds is 2. The molecule has 2 fully saturated rings. The van der Waals surface area contributed by atoms with Gasteiger partial charge in [0.05, 0.1) is 29.2 Å². The summed E-state index contributed by atoms with van der Waals surface area (Å²) in [6.07, 6.45) is -9.29. The highest BCUT2D eigenvalue weighted by Gasteiger charge is 2.43. The third-order valence-electron chi connectivity index (χ3n) is 4.70. The Morgan fingerprint density at radius 1 is 0.857 bits per heavy atom. The molecule has 2 aliphatic heterocycles. The highest BCUT2D eigenvalue weighted by Crippen LogP contribution is 2.39. The van der Waals surface area contributed by atoms with Gasteiger partial charge in [-0.15, -0.1) is 0 Å². The van der Waals surface area contributed by atoms with Crippen LogP contribution in [0.15, 0.2) is 23.1 Å². The van der Waals surface area contributed by atoms with Crippen molar-refractivity contribution in [1.29, 1.82) is 0 Å². The fourth-order valence-electron chi connectivity index (χ4n) is 3.20. The van der Waals surface area contributed by atoms with Gasteiger partial charge in [0.2, 0.25) is 10.0 Å². The minimum atomic E-state index is -5.12. The fraction of sp³-hybridized carbons (Fsp3) is 0.625. The molecule has 1 aromatic carbocycles. The van der Waals surface area contributed by atoms with E-state index in [0.29, 0.717) is 19.6 Å². The molecule has 0 atom stereocenters. The largest absolute Gasteiger partial charge is 0.416 e. The lowest BCUT2D eigenvalue weighted by Crippen LogP contribution is -2.51. The summed E-state index contributed by atoms with van der Waals surface area (Å²) in [5.74, 6) is -0.949. The van der Waals surface area contributed by atoms with Gasteiger partial charge in [0, 0.05) is 25.9 Å². The van der Waals surface area contributed by atoms with E-state index in [0.717, 1.165) is 4.31 Å². The summed E-state index contributed by atoms with van der Waals surface area (Å²) in [5, 5.41) is 0. The maximum Gasteiger partial charge on any atom is 0.416 e. The van der Waals surface area contributed by atoms with Crippen molar-refractivity contribution < 1.29 is 44.2 Å². The van der Waals surface area contributed by atoms with Crippen LogP contribution in [-0.4, -0.2) is 44.8 Å². The number of ether oxygens (including phenoxy) is 2. The van der Waals surface area contributed by atoms with E-state index < -0.39 is 44.2 Å². The number of hydrogen-bond acceptors (Lipinski definition) is 4. The number of piperidine rings is 1. The molecule has 0 unspecified atom stereocenters. The van der Waals surface area contributed by atoms with Crippen molar-refractivity contribution in [2.24, 2.45) is 0 Å². The predicted octanol–water partition coefficient (Wildman–Crippen LogP) is 3.64. The molecule has 28 heavy (non-hydrogen) atoms. The van der Waals surface area contributed by atoms with Crippen molar-refractivity contribution >= 4 is 10.0 Å². The standard InChI is InChI=1S/C16H17F6NO4S/c17-15(18,19)11-8-12(16(20,21)22)10-13(9-11)28(24,25)23-4-2-14(3-5-23)26-6-1-7-27-14/h8-10H,1-7H2. The summed E-state index contributed by atoms with van der Waals surface area (Å²) < 4.78 is 115. The number of nitrogens with zero attached hydrogens (tertiary/aromatic N) is 1. The van der Waals surface area contributed by atoms with Gasteiger partial charge < -0.3 is 9.47 Å². The summed E-state index contributed by atoms with van der Waals surface area (Å²) >= 11 is 0. The minimum Gasteiger partial charge on any atom is -0.350 e. The van der Waals surface area contributed by atoms with Crippen LogP contribution in [0.5, 0.6) is 0 Å². The van der Waals surface area contributed by atoms with Gasteiger partial charge in [0.25, 0.3) is 0 Å². The fourth-order valence-corrected chi connectivity index (χ4v) is 4.71. The molecule has 2 saturated heterocycles. The van der Waals surface area contributed by atoms with E-state index in [1.165, 1.54) is 0 Å². The number of hydrogen-bond donors (Lipinski definition) is 0. The van der Waals surface area contributed by atoms with Crippen molar-refractivity contribution in [2.45, 2.75) is 42.3 Å². The van der Waals surface area contributed by atoms with E-state index in [4.69, 9.17) is 9.47 Å². The summed E-state index contributed by atoms with van der Waals surface area (Å²) in [5.41, 5.74) is -3.35. The summed E-state index contributed by atoms with van der Waals surface area (Å²) in [6, 6.07) is 0.346.